The van der Waals surface area contributed by atoms with Crippen LogP contribution in [0.3, 0.4) is 0 Å². The lowest BCUT2D eigenvalue weighted by atomic mass is 10.2. The Kier molecular flexibility index (Phi) is 6.62. The lowest BCUT2D eigenvalue weighted by Crippen LogP contribution is -2.38. The summed E-state index contributed by atoms with van der Waals surface area (Å²) in [7, 11) is 0. The summed E-state index contributed by atoms with van der Waals surface area (Å²) in [4.78, 5) is 24.4. The van der Waals surface area contributed by atoms with Crippen molar-refractivity contribution in [2.45, 2.75) is 6.54 Å². The molecule has 32 heavy (non-hydrogen) atoms. The highest BCUT2D eigenvalue weighted by Gasteiger charge is 2.15. The molecule has 1 aromatic heterocycles. The van der Waals surface area contributed by atoms with E-state index in [4.69, 9.17) is 9.47 Å². The number of nitro groups is 1. The Bertz CT molecular complexity index is 1130. The van der Waals surface area contributed by atoms with Gasteiger partial charge < -0.3 is 19.4 Å². The second kappa shape index (κ2) is 9.75. The second-order valence-corrected chi connectivity index (χ2v) is 7.44. The normalized spacial score (nSPS) is 14.4. The smallest absolute Gasteiger partial charge is 0.305 e. The third-order valence-electron chi connectivity index (χ3n) is 5.30. The quantitative estimate of drug-likeness (QED) is 0.425. The summed E-state index contributed by atoms with van der Waals surface area (Å²) in [5.41, 5.74) is 1.05. The number of halogens is 1. The van der Waals surface area contributed by atoms with E-state index in [1.807, 2.05) is 30.5 Å². The van der Waals surface area contributed by atoms with Gasteiger partial charge in [0, 0.05) is 61.1 Å². The molecule has 1 aliphatic rings. The maximum Gasteiger partial charge on any atom is 0.305 e. The Morgan fingerprint density at radius 2 is 1.97 bits per heavy atom. The summed E-state index contributed by atoms with van der Waals surface area (Å²) >= 11 is 0. The van der Waals surface area contributed by atoms with Crippen LogP contribution in [0.1, 0.15) is 0 Å². The van der Waals surface area contributed by atoms with Crippen molar-refractivity contribution in [2.75, 3.05) is 44.8 Å². The molecule has 168 valence electrons. The van der Waals surface area contributed by atoms with Crippen LogP contribution in [0.15, 0.2) is 48.7 Å². The maximum atomic E-state index is 13.7. The van der Waals surface area contributed by atoms with E-state index < -0.39 is 22.3 Å². The summed E-state index contributed by atoms with van der Waals surface area (Å²) < 4.78 is 26.5. The van der Waals surface area contributed by atoms with Crippen molar-refractivity contribution < 1.29 is 23.6 Å². The van der Waals surface area contributed by atoms with Crippen LogP contribution in [0.25, 0.3) is 10.9 Å². The van der Waals surface area contributed by atoms with Crippen molar-refractivity contribution in [3.05, 3.63) is 64.6 Å². The molecule has 3 aromatic rings. The first kappa shape index (κ1) is 21.7. The molecule has 10 heteroatoms. The SMILES string of the molecule is O=C(COc1ccc([N+](=O)[O-])c(F)c1)Nc1ccc2c(ccn2CCN2CCOCC2)c1. The fourth-order valence-electron chi connectivity index (χ4n) is 3.62. The topological polar surface area (TPSA) is 98.9 Å². The van der Waals surface area contributed by atoms with E-state index in [-0.39, 0.29) is 12.4 Å². The van der Waals surface area contributed by atoms with E-state index in [2.05, 4.69) is 14.8 Å². The Labute approximate surface area is 183 Å². The van der Waals surface area contributed by atoms with E-state index in [0.29, 0.717) is 5.69 Å². The Morgan fingerprint density at radius 1 is 1.16 bits per heavy atom. The van der Waals surface area contributed by atoms with Gasteiger partial charge in [-0.25, -0.2) is 0 Å². The van der Waals surface area contributed by atoms with Crippen molar-refractivity contribution >= 4 is 28.2 Å². The summed E-state index contributed by atoms with van der Waals surface area (Å²) in [6.45, 7) is 4.92. The van der Waals surface area contributed by atoms with E-state index in [1.54, 1.807) is 0 Å². The van der Waals surface area contributed by atoms with Crippen molar-refractivity contribution in [1.82, 2.24) is 9.47 Å². The highest BCUT2D eigenvalue weighted by molar-refractivity contribution is 5.94. The molecule has 1 amide bonds. The molecule has 2 heterocycles. The fraction of sp³-hybridized carbons (Fsp3) is 0.318. The molecule has 0 saturated carbocycles. The number of carbonyl (C=O) groups is 1. The molecule has 0 aliphatic carbocycles. The van der Waals surface area contributed by atoms with Crippen molar-refractivity contribution in [1.29, 1.82) is 0 Å². The van der Waals surface area contributed by atoms with Crippen molar-refractivity contribution in [3.63, 3.8) is 0 Å². The minimum absolute atomic E-state index is 0.0380. The lowest BCUT2D eigenvalue weighted by molar-refractivity contribution is -0.387. The van der Waals surface area contributed by atoms with E-state index in [9.17, 15) is 19.3 Å². The Morgan fingerprint density at radius 3 is 2.72 bits per heavy atom. The van der Waals surface area contributed by atoms with Gasteiger partial charge in [-0.2, -0.15) is 4.39 Å². The number of hydrogen-bond acceptors (Lipinski definition) is 6. The van der Waals surface area contributed by atoms with Crippen LogP contribution in [0.4, 0.5) is 15.8 Å². The van der Waals surface area contributed by atoms with Gasteiger partial charge >= 0.3 is 5.69 Å². The summed E-state index contributed by atoms with van der Waals surface area (Å²) in [5.74, 6) is -1.40. The van der Waals surface area contributed by atoms with Crippen LogP contribution in [-0.4, -0.2) is 59.8 Å². The van der Waals surface area contributed by atoms with Crippen molar-refractivity contribution in [2.24, 2.45) is 0 Å². The predicted molar refractivity (Wildman–Crippen MR) is 116 cm³/mol. The maximum absolute atomic E-state index is 13.7. The minimum Gasteiger partial charge on any atom is -0.484 e. The largest absolute Gasteiger partial charge is 0.484 e. The van der Waals surface area contributed by atoms with Crippen LogP contribution >= 0.6 is 0 Å². The molecule has 0 atom stereocenters. The number of aromatic nitrogens is 1. The Balaban J connectivity index is 1.32. The molecule has 1 N–H and O–H groups in total. The highest BCUT2D eigenvalue weighted by atomic mass is 19.1. The molecule has 4 rings (SSSR count). The lowest BCUT2D eigenvalue weighted by Gasteiger charge is -2.26. The monoisotopic (exact) mass is 442 g/mol. The van der Waals surface area contributed by atoms with Gasteiger partial charge in [0.1, 0.15) is 5.75 Å². The number of nitro benzene ring substituents is 1. The van der Waals surface area contributed by atoms with Gasteiger partial charge in [0.25, 0.3) is 5.91 Å². The molecule has 2 aromatic carbocycles. The molecular formula is C22H23FN4O5. The third-order valence-corrected chi connectivity index (χ3v) is 5.30. The van der Waals surface area contributed by atoms with Gasteiger partial charge in [-0.15, -0.1) is 0 Å². The minimum atomic E-state index is -1.02. The number of fused-ring (bicyclic) bond motifs is 1. The zero-order valence-corrected chi connectivity index (χ0v) is 17.3. The molecule has 0 spiro atoms. The molecule has 1 saturated heterocycles. The van der Waals surface area contributed by atoms with Gasteiger partial charge in [-0.1, -0.05) is 0 Å². The standard InChI is InChI=1S/C22H23FN4O5/c23-19-14-18(2-4-21(19)27(29)30)32-15-22(28)24-17-1-3-20-16(13-17)5-6-26(20)8-7-25-9-11-31-12-10-25/h1-6,13-14H,7-12,15H2,(H,24,28). The first-order chi connectivity index (χ1) is 15.5. The Hall–Kier alpha value is -3.50. The van der Waals surface area contributed by atoms with E-state index in [0.717, 1.165) is 62.4 Å². The number of nitrogens with zero attached hydrogens (tertiary/aromatic N) is 3. The zero-order valence-electron chi connectivity index (χ0n) is 17.3. The van der Waals surface area contributed by atoms with Gasteiger partial charge in [0.15, 0.2) is 6.61 Å². The summed E-state index contributed by atoms with van der Waals surface area (Å²) in [5, 5.41) is 14.4. The first-order valence-electron chi connectivity index (χ1n) is 10.3. The molecule has 1 aliphatic heterocycles. The average molecular weight is 442 g/mol. The number of carbonyl (C=O) groups excluding carboxylic acids is 1. The van der Waals surface area contributed by atoms with E-state index >= 15 is 0 Å². The molecule has 9 nitrogen and oxygen atoms in total. The van der Waals surface area contributed by atoms with Gasteiger partial charge in [0.2, 0.25) is 5.82 Å². The van der Waals surface area contributed by atoms with E-state index in [1.165, 1.54) is 6.07 Å². The fourth-order valence-corrected chi connectivity index (χ4v) is 3.62. The second-order valence-electron chi connectivity index (χ2n) is 7.44. The number of rotatable bonds is 8. The third kappa shape index (κ3) is 5.21. The van der Waals surface area contributed by atoms with Crippen molar-refractivity contribution in [3.8, 4) is 5.75 Å². The molecular weight excluding hydrogens is 419 g/mol. The molecule has 0 radical (unpaired) electrons. The average Bonchev–Trinajstić information content (AvgIpc) is 3.19. The number of hydrogen-bond donors (Lipinski definition) is 1. The molecule has 1 fully saturated rings. The van der Waals surface area contributed by atoms with Crippen LogP contribution < -0.4 is 10.1 Å². The van der Waals surface area contributed by atoms with Gasteiger partial charge in [-0.05, 0) is 30.3 Å². The predicted octanol–water partition coefficient (Wildman–Crippen LogP) is 3.04. The van der Waals surface area contributed by atoms with Crippen LogP contribution in [0.2, 0.25) is 0 Å². The number of ether oxygens (including phenoxy) is 2. The molecule has 0 unspecified atom stereocenters. The summed E-state index contributed by atoms with van der Waals surface area (Å²) in [6.07, 6.45) is 2.03. The number of amides is 1. The number of morpholine rings is 1. The zero-order chi connectivity index (χ0) is 22.5. The highest BCUT2D eigenvalue weighted by Crippen LogP contribution is 2.23. The molecule has 0 bridgehead atoms. The van der Waals surface area contributed by atoms with Gasteiger partial charge in [-0.3, -0.25) is 19.8 Å². The number of nitrogens with one attached hydrogen (secondary N) is 1. The van der Waals surface area contributed by atoms with Crippen LogP contribution in [-0.2, 0) is 16.1 Å². The first-order valence-corrected chi connectivity index (χ1v) is 10.3. The van der Waals surface area contributed by atoms with Gasteiger partial charge in [0.05, 0.1) is 18.1 Å². The van der Waals surface area contributed by atoms with Crippen LogP contribution in [0, 0.1) is 15.9 Å². The van der Waals surface area contributed by atoms with Crippen LogP contribution in [0.5, 0.6) is 5.75 Å². The number of anilines is 1. The summed E-state index contributed by atoms with van der Waals surface area (Å²) in [6, 6.07) is 10.8. The number of benzene rings is 2.